The minimum atomic E-state index is -0.401. The molecule has 2 N–H and O–H groups in total. The van der Waals surface area contributed by atoms with Gasteiger partial charge in [-0.25, -0.2) is 4.98 Å². The highest BCUT2D eigenvalue weighted by Gasteiger charge is 2.32. The second-order valence-electron chi connectivity index (χ2n) is 6.96. The van der Waals surface area contributed by atoms with Crippen LogP contribution in [0, 0.1) is 6.92 Å². The largest absolute Gasteiger partial charge is 0.496 e. The highest BCUT2D eigenvalue weighted by Crippen LogP contribution is 2.38. The number of aryl methyl sites for hydroxylation is 1. The molecule has 0 spiro atoms. The van der Waals surface area contributed by atoms with Crippen LogP contribution in [0.15, 0.2) is 58.5 Å². The number of para-hydroxylation sites is 1. The number of carbonyl (C=O) groups is 1. The Morgan fingerprint density at radius 1 is 1.17 bits per heavy atom. The second kappa shape index (κ2) is 8.13. The van der Waals surface area contributed by atoms with Crippen molar-refractivity contribution in [3.05, 3.63) is 81.1 Å². The molecule has 0 radical (unpaired) electrons. The van der Waals surface area contributed by atoms with Crippen molar-refractivity contribution < 1.29 is 9.53 Å². The Kier molecular flexibility index (Phi) is 5.40. The van der Waals surface area contributed by atoms with E-state index >= 15 is 0 Å². The van der Waals surface area contributed by atoms with Crippen LogP contribution in [0.2, 0.25) is 0 Å². The summed E-state index contributed by atoms with van der Waals surface area (Å²) in [6.07, 6.45) is 0.175. The van der Waals surface area contributed by atoms with Crippen molar-refractivity contribution >= 4 is 23.5 Å². The van der Waals surface area contributed by atoms with Gasteiger partial charge in [0.15, 0.2) is 5.16 Å². The maximum absolute atomic E-state index is 12.9. The number of hydrogen-bond acceptors (Lipinski definition) is 5. The van der Waals surface area contributed by atoms with Gasteiger partial charge in [-0.3, -0.25) is 9.59 Å². The molecule has 1 unspecified atom stereocenters. The van der Waals surface area contributed by atoms with Gasteiger partial charge in [-0.2, -0.15) is 0 Å². The number of rotatable bonds is 5. The Balaban J connectivity index is 1.68. The summed E-state index contributed by atoms with van der Waals surface area (Å²) in [5.74, 6) is 1.08. The number of ether oxygens (including phenoxy) is 1. The molecule has 2 heterocycles. The topological polar surface area (TPSA) is 84.1 Å². The fourth-order valence-corrected chi connectivity index (χ4v) is 4.40. The number of anilines is 1. The molecule has 29 heavy (non-hydrogen) atoms. The number of aromatic amines is 1. The zero-order chi connectivity index (χ0) is 20.4. The SMILES string of the molecule is COc1ccccc1C1CC(=O)Nc2nc(SCc3cccc(C)c3)[nH]c(=O)c21. The van der Waals surface area contributed by atoms with Gasteiger partial charge in [0, 0.05) is 23.7 Å². The van der Waals surface area contributed by atoms with E-state index in [1.807, 2.05) is 49.4 Å². The number of nitrogens with one attached hydrogen (secondary N) is 2. The molecule has 0 bridgehead atoms. The number of carbonyl (C=O) groups excluding carboxylic acids is 1. The molecule has 0 fully saturated rings. The minimum Gasteiger partial charge on any atom is -0.496 e. The lowest BCUT2D eigenvalue weighted by Gasteiger charge is -2.25. The average molecular weight is 407 g/mol. The number of fused-ring (bicyclic) bond motifs is 1. The number of hydrogen-bond donors (Lipinski definition) is 2. The number of nitrogens with zero attached hydrogens (tertiary/aromatic N) is 1. The molecule has 7 heteroatoms. The van der Waals surface area contributed by atoms with Crippen LogP contribution in [0.5, 0.6) is 5.75 Å². The molecule has 1 aromatic heterocycles. The summed E-state index contributed by atoms with van der Waals surface area (Å²) in [7, 11) is 1.58. The van der Waals surface area contributed by atoms with Crippen LogP contribution in [-0.4, -0.2) is 23.0 Å². The van der Waals surface area contributed by atoms with Gasteiger partial charge in [-0.15, -0.1) is 0 Å². The van der Waals surface area contributed by atoms with Crippen molar-refractivity contribution in [2.75, 3.05) is 12.4 Å². The number of H-pyrrole nitrogens is 1. The number of methoxy groups -OCH3 is 1. The molecule has 1 aliphatic rings. The summed E-state index contributed by atoms with van der Waals surface area (Å²) in [6, 6.07) is 15.6. The van der Waals surface area contributed by atoms with E-state index in [0.717, 1.165) is 11.1 Å². The third kappa shape index (κ3) is 4.05. The molecule has 0 saturated heterocycles. The number of thioether (sulfide) groups is 1. The highest BCUT2D eigenvalue weighted by molar-refractivity contribution is 7.98. The monoisotopic (exact) mass is 407 g/mol. The first-order chi connectivity index (χ1) is 14.0. The molecule has 1 amide bonds. The maximum Gasteiger partial charge on any atom is 0.257 e. The fourth-order valence-electron chi connectivity index (χ4n) is 3.59. The average Bonchev–Trinajstić information content (AvgIpc) is 2.71. The first-order valence-electron chi connectivity index (χ1n) is 9.30. The molecule has 148 valence electrons. The van der Waals surface area contributed by atoms with Crippen molar-refractivity contribution in [2.45, 2.75) is 30.2 Å². The zero-order valence-corrected chi connectivity index (χ0v) is 17.0. The van der Waals surface area contributed by atoms with E-state index in [1.165, 1.54) is 17.3 Å². The summed E-state index contributed by atoms with van der Waals surface area (Å²) in [4.78, 5) is 32.7. The van der Waals surface area contributed by atoms with Gasteiger partial charge in [0.25, 0.3) is 5.56 Å². The molecule has 6 nitrogen and oxygen atoms in total. The molecule has 1 atom stereocenters. The van der Waals surface area contributed by atoms with Crippen LogP contribution in [-0.2, 0) is 10.5 Å². The third-order valence-electron chi connectivity index (χ3n) is 4.90. The third-order valence-corrected chi connectivity index (χ3v) is 5.85. The molecule has 0 saturated carbocycles. The second-order valence-corrected chi connectivity index (χ2v) is 7.92. The number of aromatic nitrogens is 2. The number of amides is 1. The van der Waals surface area contributed by atoms with Crippen molar-refractivity contribution in [1.29, 1.82) is 0 Å². The van der Waals surface area contributed by atoms with Gasteiger partial charge in [-0.05, 0) is 18.6 Å². The Labute approximate surface area is 172 Å². The van der Waals surface area contributed by atoms with Crippen LogP contribution in [0.1, 0.15) is 34.6 Å². The molecule has 2 aromatic carbocycles. The molecule has 3 aromatic rings. The van der Waals surface area contributed by atoms with E-state index in [1.54, 1.807) is 7.11 Å². The van der Waals surface area contributed by atoms with E-state index in [2.05, 4.69) is 21.4 Å². The molecule has 4 rings (SSSR count). The van der Waals surface area contributed by atoms with E-state index < -0.39 is 5.92 Å². The fraction of sp³-hybridized carbons (Fsp3) is 0.227. The Morgan fingerprint density at radius 2 is 2.00 bits per heavy atom. The first kappa shape index (κ1) is 19.3. The Hall–Kier alpha value is -3.06. The molecular formula is C22H21N3O3S. The summed E-state index contributed by atoms with van der Waals surface area (Å²) < 4.78 is 5.44. The Bertz CT molecular complexity index is 1130. The minimum absolute atomic E-state index is 0.166. The Morgan fingerprint density at radius 3 is 2.79 bits per heavy atom. The first-order valence-corrected chi connectivity index (χ1v) is 10.3. The molecule has 1 aliphatic heterocycles. The van der Waals surface area contributed by atoms with Crippen LogP contribution < -0.4 is 15.6 Å². The van der Waals surface area contributed by atoms with Crippen LogP contribution in [0.4, 0.5) is 5.82 Å². The predicted octanol–water partition coefficient (Wildman–Crippen LogP) is 3.85. The smallest absolute Gasteiger partial charge is 0.257 e. The van der Waals surface area contributed by atoms with Crippen molar-refractivity contribution in [3.63, 3.8) is 0 Å². The van der Waals surface area contributed by atoms with E-state index in [9.17, 15) is 9.59 Å². The van der Waals surface area contributed by atoms with Gasteiger partial charge in [0.05, 0.1) is 12.7 Å². The summed E-state index contributed by atoms with van der Waals surface area (Å²) in [6.45, 7) is 2.04. The highest BCUT2D eigenvalue weighted by atomic mass is 32.2. The summed E-state index contributed by atoms with van der Waals surface area (Å²) in [5, 5.41) is 3.24. The van der Waals surface area contributed by atoms with Gasteiger partial charge < -0.3 is 15.0 Å². The lowest BCUT2D eigenvalue weighted by molar-refractivity contribution is -0.116. The van der Waals surface area contributed by atoms with Gasteiger partial charge in [-0.1, -0.05) is 59.8 Å². The van der Waals surface area contributed by atoms with Gasteiger partial charge >= 0.3 is 0 Å². The predicted molar refractivity (Wildman–Crippen MR) is 114 cm³/mol. The van der Waals surface area contributed by atoms with Crippen molar-refractivity contribution in [1.82, 2.24) is 9.97 Å². The zero-order valence-electron chi connectivity index (χ0n) is 16.2. The normalized spacial score (nSPS) is 15.5. The molecular weight excluding hydrogens is 386 g/mol. The lowest BCUT2D eigenvalue weighted by Crippen LogP contribution is -2.31. The van der Waals surface area contributed by atoms with Crippen molar-refractivity contribution in [3.8, 4) is 5.75 Å². The van der Waals surface area contributed by atoms with Gasteiger partial charge in [0.2, 0.25) is 5.91 Å². The van der Waals surface area contributed by atoms with E-state index in [-0.39, 0.29) is 17.9 Å². The standard InChI is InChI=1S/C22H21N3O3S/c1-13-6-5-7-14(10-13)12-29-22-24-20-19(21(27)25-22)16(11-18(26)23-20)15-8-3-4-9-17(15)28-2/h3-10,16H,11-12H2,1-2H3,(H2,23,24,25,26,27). The van der Waals surface area contributed by atoms with Crippen LogP contribution >= 0.6 is 11.8 Å². The quantitative estimate of drug-likeness (QED) is 0.496. The lowest BCUT2D eigenvalue weighted by atomic mass is 9.86. The van der Waals surface area contributed by atoms with Crippen LogP contribution in [0.3, 0.4) is 0 Å². The maximum atomic E-state index is 12.9. The van der Waals surface area contributed by atoms with Gasteiger partial charge in [0.1, 0.15) is 11.6 Å². The van der Waals surface area contributed by atoms with E-state index in [0.29, 0.717) is 28.0 Å². The van der Waals surface area contributed by atoms with Crippen LogP contribution in [0.25, 0.3) is 0 Å². The summed E-state index contributed by atoms with van der Waals surface area (Å²) in [5.41, 5.74) is 3.36. The van der Waals surface area contributed by atoms with E-state index in [4.69, 9.17) is 4.74 Å². The molecule has 0 aliphatic carbocycles. The number of benzene rings is 2. The van der Waals surface area contributed by atoms with Crippen molar-refractivity contribution in [2.24, 2.45) is 0 Å². The summed E-state index contributed by atoms with van der Waals surface area (Å²) >= 11 is 1.43.